The first-order valence-electron chi connectivity index (χ1n) is 7.10. The van der Waals surface area contributed by atoms with E-state index < -0.39 is 10.0 Å². The molecule has 1 N–H and O–H groups in total. The predicted molar refractivity (Wildman–Crippen MR) is 86.8 cm³/mol. The summed E-state index contributed by atoms with van der Waals surface area (Å²) < 4.78 is 32.2. The summed E-state index contributed by atoms with van der Waals surface area (Å²) in [6.45, 7) is 2.86. The summed E-state index contributed by atoms with van der Waals surface area (Å²) in [6, 6.07) is 7.47. The van der Waals surface area contributed by atoms with Crippen LogP contribution in [0.25, 0.3) is 0 Å². The number of nitrogens with zero attached hydrogens (tertiary/aromatic N) is 1. The molecule has 5 nitrogen and oxygen atoms in total. The van der Waals surface area contributed by atoms with Gasteiger partial charge in [-0.2, -0.15) is 0 Å². The molecular formula is C14H21ClN2O3S. The molecule has 0 aromatic heterocycles. The van der Waals surface area contributed by atoms with Gasteiger partial charge in [0.1, 0.15) is 0 Å². The zero-order valence-corrected chi connectivity index (χ0v) is 13.5. The Morgan fingerprint density at radius 1 is 1.19 bits per heavy atom. The van der Waals surface area contributed by atoms with E-state index in [1.165, 1.54) is 0 Å². The van der Waals surface area contributed by atoms with Gasteiger partial charge in [0, 0.05) is 19.0 Å². The van der Waals surface area contributed by atoms with Crippen LogP contribution in [0.1, 0.15) is 12.8 Å². The highest BCUT2D eigenvalue weighted by molar-refractivity contribution is 7.92. The molecule has 118 valence electrons. The van der Waals surface area contributed by atoms with Crippen molar-refractivity contribution in [2.24, 2.45) is 0 Å². The molecule has 2 rings (SSSR count). The molecule has 0 amide bonds. The fourth-order valence-corrected chi connectivity index (χ4v) is 3.63. The minimum atomic E-state index is -3.33. The Balaban J connectivity index is 2.09. The van der Waals surface area contributed by atoms with Gasteiger partial charge in [0.05, 0.1) is 30.3 Å². The van der Waals surface area contributed by atoms with E-state index >= 15 is 0 Å². The average molecular weight is 333 g/mol. The minimum Gasteiger partial charge on any atom is -0.378 e. The van der Waals surface area contributed by atoms with E-state index in [1.54, 1.807) is 6.07 Å². The van der Waals surface area contributed by atoms with Crippen molar-refractivity contribution in [1.29, 1.82) is 0 Å². The standard InChI is InChI=1S/C14H21ClN2O3S/c15-7-3-4-12-21(18,19)16-13-5-1-2-6-14(13)17-8-10-20-11-9-17/h1-2,5-6,16H,3-4,7-12H2. The number of benzene rings is 1. The number of anilines is 2. The molecule has 0 saturated carbocycles. The van der Waals surface area contributed by atoms with Crippen LogP contribution in [0.3, 0.4) is 0 Å². The van der Waals surface area contributed by atoms with Crippen LogP contribution in [0.5, 0.6) is 0 Å². The SMILES string of the molecule is O=S(=O)(CCCCCl)Nc1ccccc1N1CCOCC1. The molecule has 1 saturated heterocycles. The summed E-state index contributed by atoms with van der Waals surface area (Å²) in [6.07, 6.45) is 1.27. The Morgan fingerprint density at radius 2 is 1.90 bits per heavy atom. The molecule has 1 fully saturated rings. The highest BCUT2D eigenvalue weighted by Crippen LogP contribution is 2.27. The maximum absolute atomic E-state index is 12.1. The Hall–Kier alpha value is -0.980. The van der Waals surface area contributed by atoms with Crippen LogP contribution in [0.2, 0.25) is 0 Å². The number of halogens is 1. The molecule has 0 bridgehead atoms. The maximum Gasteiger partial charge on any atom is 0.232 e. The highest BCUT2D eigenvalue weighted by atomic mass is 35.5. The fourth-order valence-electron chi connectivity index (χ4n) is 2.25. The van der Waals surface area contributed by atoms with Gasteiger partial charge < -0.3 is 9.64 Å². The number of alkyl halides is 1. The lowest BCUT2D eigenvalue weighted by molar-refractivity contribution is 0.123. The van der Waals surface area contributed by atoms with E-state index in [1.807, 2.05) is 18.2 Å². The first-order chi connectivity index (χ1) is 10.1. The summed E-state index contributed by atoms with van der Waals surface area (Å²) in [4.78, 5) is 2.14. The average Bonchev–Trinajstić information content (AvgIpc) is 2.48. The van der Waals surface area contributed by atoms with Crippen LogP contribution in [-0.2, 0) is 14.8 Å². The highest BCUT2D eigenvalue weighted by Gasteiger charge is 2.17. The van der Waals surface area contributed by atoms with Crippen molar-refractivity contribution in [3.63, 3.8) is 0 Å². The smallest absolute Gasteiger partial charge is 0.232 e. The maximum atomic E-state index is 12.1. The van der Waals surface area contributed by atoms with Crippen molar-refractivity contribution in [1.82, 2.24) is 0 Å². The van der Waals surface area contributed by atoms with Gasteiger partial charge in [-0.15, -0.1) is 11.6 Å². The van der Waals surface area contributed by atoms with Gasteiger partial charge in [-0.1, -0.05) is 12.1 Å². The molecule has 0 unspecified atom stereocenters. The number of para-hydroxylation sites is 2. The van der Waals surface area contributed by atoms with Crippen LogP contribution in [-0.4, -0.2) is 46.4 Å². The van der Waals surface area contributed by atoms with Crippen LogP contribution in [0.15, 0.2) is 24.3 Å². The first kappa shape index (κ1) is 16.4. The summed E-state index contributed by atoms with van der Waals surface area (Å²) in [7, 11) is -3.33. The Labute approximate surface area is 131 Å². The number of sulfonamides is 1. The third-order valence-corrected chi connectivity index (χ3v) is 4.94. The number of hydrogen-bond donors (Lipinski definition) is 1. The predicted octanol–water partition coefficient (Wildman–Crippen LogP) is 2.28. The largest absolute Gasteiger partial charge is 0.378 e. The van der Waals surface area contributed by atoms with E-state index in [2.05, 4.69) is 9.62 Å². The third kappa shape index (κ3) is 5.05. The molecule has 0 atom stereocenters. The monoisotopic (exact) mass is 332 g/mol. The van der Waals surface area contributed by atoms with Crippen molar-refractivity contribution in [2.45, 2.75) is 12.8 Å². The second-order valence-electron chi connectivity index (χ2n) is 4.93. The zero-order valence-electron chi connectivity index (χ0n) is 11.9. The van der Waals surface area contributed by atoms with Crippen LogP contribution < -0.4 is 9.62 Å². The third-order valence-electron chi connectivity index (χ3n) is 3.32. The lowest BCUT2D eigenvalue weighted by Crippen LogP contribution is -2.36. The van der Waals surface area contributed by atoms with Crippen molar-refractivity contribution in [3.05, 3.63) is 24.3 Å². The second kappa shape index (κ2) is 7.87. The summed E-state index contributed by atoms with van der Waals surface area (Å²) in [5, 5.41) is 0. The Morgan fingerprint density at radius 3 is 2.62 bits per heavy atom. The summed E-state index contributed by atoms with van der Waals surface area (Å²) >= 11 is 5.58. The van der Waals surface area contributed by atoms with Gasteiger partial charge in [0.15, 0.2) is 0 Å². The number of nitrogens with one attached hydrogen (secondary N) is 1. The quantitative estimate of drug-likeness (QED) is 0.615. The Bertz CT molecular complexity index is 545. The van der Waals surface area contributed by atoms with E-state index in [-0.39, 0.29) is 5.75 Å². The van der Waals surface area contributed by atoms with Crippen molar-refractivity contribution in [2.75, 3.05) is 47.6 Å². The van der Waals surface area contributed by atoms with Crippen molar-refractivity contribution < 1.29 is 13.2 Å². The van der Waals surface area contributed by atoms with Gasteiger partial charge >= 0.3 is 0 Å². The molecule has 1 aromatic rings. The van der Waals surface area contributed by atoms with Crippen molar-refractivity contribution in [3.8, 4) is 0 Å². The number of hydrogen-bond acceptors (Lipinski definition) is 4. The van der Waals surface area contributed by atoms with Crippen molar-refractivity contribution >= 4 is 33.0 Å². The normalized spacial score (nSPS) is 16.0. The first-order valence-corrected chi connectivity index (χ1v) is 9.29. The lowest BCUT2D eigenvalue weighted by Gasteiger charge is -2.30. The van der Waals surface area contributed by atoms with E-state index in [9.17, 15) is 8.42 Å². The van der Waals surface area contributed by atoms with Crippen LogP contribution in [0.4, 0.5) is 11.4 Å². The van der Waals surface area contributed by atoms with E-state index in [0.717, 1.165) is 18.8 Å². The van der Waals surface area contributed by atoms with Gasteiger partial charge in [-0.25, -0.2) is 8.42 Å². The minimum absolute atomic E-state index is 0.0944. The number of morpholine rings is 1. The van der Waals surface area contributed by atoms with E-state index in [4.69, 9.17) is 16.3 Å². The molecule has 1 aliphatic rings. The molecule has 0 aliphatic carbocycles. The van der Waals surface area contributed by atoms with Crippen LogP contribution in [0, 0.1) is 0 Å². The fraction of sp³-hybridized carbons (Fsp3) is 0.571. The Kier molecular flexibility index (Phi) is 6.14. The molecule has 0 radical (unpaired) electrons. The molecule has 0 spiro atoms. The lowest BCUT2D eigenvalue weighted by atomic mass is 10.2. The summed E-state index contributed by atoms with van der Waals surface area (Å²) in [5.41, 5.74) is 1.53. The number of ether oxygens (including phenoxy) is 1. The molecule has 21 heavy (non-hydrogen) atoms. The zero-order chi connectivity index (χ0) is 15.1. The number of unbranched alkanes of at least 4 members (excludes halogenated alkanes) is 1. The van der Waals surface area contributed by atoms with Crippen LogP contribution >= 0.6 is 11.6 Å². The van der Waals surface area contributed by atoms with Gasteiger partial charge in [-0.05, 0) is 25.0 Å². The van der Waals surface area contributed by atoms with Gasteiger partial charge in [-0.3, -0.25) is 4.72 Å². The van der Waals surface area contributed by atoms with Gasteiger partial charge in [0.2, 0.25) is 10.0 Å². The topological polar surface area (TPSA) is 58.6 Å². The molecule has 7 heteroatoms. The molecule has 1 aromatic carbocycles. The van der Waals surface area contributed by atoms with E-state index in [0.29, 0.717) is 37.6 Å². The molecular weight excluding hydrogens is 312 g/mol. The molecule has 1 heterocycles. The number of rotatable bonds is 7. The summed E-state index contributed by atoms with van der Waals surface area (Å²) in [5.74, 6) is 0.580. The molecule has 1 aliphatic heterocycles. The van der Waals surface area contributed by atoms with Gasteiger partial charge in [0.25, 0.3) is 0 Å². The second-order valence-corrected chi connectivity index (χ2v) is 7.15.